The van der Waals surface area contributed by atoms with Crippen molar-refractivity contribution in [2.24, 2.45) is 0 Å². The van der Waals surface area contributed by atoms with Gasteiger partial charge >= 0.3 is 13.7 Å². The van der Waals surface area contributed by atoms with E-state index in [0.717, 1.165) is 0 Å². The molecule has 68 valence electrons. The molecule has 0 fully saturated rings. The van der Waals surface area contributed by atoms with Gasteiger partial charge in [0.1, 0.15) is 12.7 Å². The van der Waals surface area contributed by atoms with Crippen molar-refractivity contribution in [3.63, 3.8) is 0 Å². The van der Waals surface area contributed by atoms with E-state index < -0.39 is 19.8 Å². The van der Waals surface area contributed by atoms with Gasteiger partial charge < -0.3 is 4.74 Å². The molecule has 0 saturated heterocycles. The van der Waals surface area contributed by atoms with Gasteiger partial charge in [-0.1, -0.05) is 12.7 Å². The molecule has 5 heteroatoms. The molecule has 0 aliphatic carbocycles. The monoisotopic (exact) mass is 191 g/mol. The maximum Gasteiger partial charge on any atom is 0.636 e. The normalized spacial score (nSPS) is 13.3. The summed E-state index contributed by atoms with van der Waals surface area (Å²) >= 11 is 0. The van der Waals surface area contributed by atoms with E-state index in [9.17, 15) is 9.36 Å². The van der Waals surface area contributed by atoms with Crippen LogP contribution in [0.15, 0.2) is 12.7 Å². The van der Waals surface area contributed by atoms with E-state index in [2.05, 4.69) is 15.8 Å². The number of carbonyl (C=O) groups excluding carboxylic acids is 1. The molecule has 4 nitrogen and oxygen atoms in total. The first-order valence-corrected chi connectivity index (χ1v) is 4.72. The largest absolute Gasteiger partial charge is 0.636 e. The molecule has 0 aromatic heterocycles. The molecule has 0 radical (unpaired) electrons. The van der Waals surface area contributed by atoms with Crippen LogP contribution in [0.5, 0.6) is 0 Å². The van der Waals surface area contributed by atoms with Crippen LogP contribution in [0.25, 0.3) is 0 Å². The van der Waals surface area contributed by atoms with Gasteiger partial charge in [-0.3, -0.25) is 0 Å². The van der Waals surface area contributed by atoms with Crippen molar-refractivity contribution in [2.75, 3.05) is 6.61 Å². The Hall–Kier alpha value is -0.730. The summed E-state index contributed by atoms with van der Waals surface area (Å²) in [4.78, 5) is 10.8. The lowest BCUT2D eigenvalue weighted by atomic mass is 10.4. The van der Waals surface area contributed by atoms with E-state index in [1.165, 1.54) is 6.08 Å². The van der Waals surface area contributed by atoms with Crippen LogP contribution in [-0.2, 0) is 13.8 Å². The van der Waals surface area contributed by atoms with Crippen molar-refractivity contribution in [2.45, 2.75) is 20.0 Å². The Morgan fingerprint density at radius 1 is 1.75 bits per heavy atom. The second kappa shape index (κ2) is 5.86. The molecule has 0 N–H and O–H groups in total. The number of hydrogen-bond donors (Lipinski definition) is 0. The number of ether oxygens (including phenoxy) is 1. The zero-order valence-corrected chi connectivity index (χ0v) is 8.04. The van der Waals surface area contributed by atoms with Gasteiger partial charge in [0.05, 0.1) is 0 Å². The Morgan fingerprint density at radius 3 is 2.75 bits per heavy atom. The fourth-order valence-corrected chi connectivity index (χ4v) is 1.01. The van der Waals surface area contributed by atoms with Crippen molar-refractivity contribution >= 4 is 13.7 Å². The van der Waals surface area contributed by atoms with Crippen molar-refractivity contribution in [1.29, 1.82) is 0 Å². The summed E-state index contributed by atoms with van der Waals surface area (Å²) in [5, 5.41) is 0. The van der Waals surface area contributed by atoms with Crippen molar-refractivity contribution in [1.82, 2.24) is 0 Å². The van der Waals surface area contributed by atoms with Gasteiger partial charge in [0.2, 0.25) is 0 Å². The predicted molar refractivity (Wildman–Crippen MR) is 45.4 cm³/mol. The molecule has 0 aliphatic heterocycles. The van der Waals surface area contributed by atoms with Crippen LogP contribution in [0.3, 0.4) is 0 Å². The van der Waals surface area contributed by atoms with Crippen LogP contribution in [0.2, 0.25) is 0 Å². The Bertz CT molecular complexity index is 190. The molecule has 0 bridgehead atoms. The van der Waals surface area contributed by atoms with E-state index in [1.807, 2.05) is 0 Å². The lowest BCUT2D eigenvalue weighted by Crippen LogP contribution is -2.08. The van der Waals surface area contributed by atoms with E-state index >= 15 is 0 Å². The van der Waals surface area contributed by atoms with Gasteiger partial charge in [-0.2, -0.15) is 4.79 Å². The van der Waals surface area contributed by atoms with Crippen molar-refractivity contribution in [3.8, 4) is 0 Å². The Kier molecular flexibility index (Phi) is 5.51. The molecule has 0 rings (SSSR count). The summed E-state index contributed by atoms with van der Waals surface area (Å²) < 4.78 is 20.0. The molecule has 0 aromatic rings. The van der Waals surface area contributed by atoms with Gasteiger partial charge in [0.15, 0.2) is 0 Å². The Morgan fingerprint density at radius 2 is 2.33 bits per heavy atom. The summed E-state index contributed by atoms with van der Waals surface area (Å²) in [7, 11) is -2.34. The summed E-state index contributed by atoms with van der Waals surface area (Å²) in [6.45, 7) is 6.91. The topological polar surface area (TPSA) is 52.6 Å². The maximum absolute atomic E-state index is 10.8. The average molecular weight is 191 g/mol. The highest BCUT2D eigenvalue weighted by Gasteiger charge is 2.34. The summed E-state index contributed by atoms with van der Waals surface area (Å²) in [6.07, 6.45) is 1.00. The Balaban J connectivity index is 3.86. The number of rotatable bonds is 5. The summed E-state index contributed by atoms with van der Waals surface area (Å²) in [5.41, 5.74) is -0.834. The minimum absolute atomic E-state index is 0.229. The molecule has 12 heavy (non-hydrogen) atoms. The van der Waals surface area contributed by atoms with Crippen LogP contribution in [0, 0.1) is 0 Å². The molecule has 0 spiro atoms. The standard InChI is InChI=1S/C7H12O4P/c1-4-6(3)11-7(8)12(9)10-5-2/h4,6H,1,5H2,2-3H3/q+1. The van der Waals surface area contributed by atoms with Gasteiger partial charge in [-0.05, 0) is 18.4 Å². The molecule has 0 amide bonds. The first-order valence-electron chi connectivity index (χ1n) is 3.55. The van der Waals surface area contributed by atoms with Crippen LogP contribution >= 0.6 is 8.03 Å². The third-order valence-electron chi connectivity index (χ3n) is 1.01. The molecule has 2 atom stereocenters. The van der Waals surface area contributed by atoms with Crippen LogP contribution in [-0.4, -0.2) is 18.4 Å². The molecule has 0 aromatic carbocycles. The zero-order chi connectivity index (χ0) is 9.56. The van der Waals surface area contributed by atoms with Crippen molar-refractivity contribution < 1.29 is 18.6 Å². The maximum atomic E-state index is 10.8. The van der Waals surface area contributed by atoms with E-state index in [1.54, 1.807) is 13.8 Å². The van der Waals surface area contributed by atoms with Gasteiger partial charge in [0, 0.05) is 0 Å². The molecule has 0 heterocycles. The average Bonchev–Trinajstić information content (AvgIpc) is 2.04. The number of hydrogen-bond acceptors (Lipinski definition) is 4. The van der Waals surface area contributed by atoms with Gasteiger partial charge in [-0.25, -0.2) is 0 Å². The molecule has 2 unspecified atom stereocenters. The molecule has 0 saturated carbocycles. The Labute approximate surface area is 72.4 Å². The first kappa shape index (κ1) is 11.3. The van der Waals surface area contributed by atoms with Crippen LogP contribution < -0.4 is 0 Å². The smallest absolute Gasteiger partial charge is 0.418 e. The third kappa shape index (κ3) is 4.21. The number of carbonyl (C=O) groups is 1. The lowest BCUT2D eigenvalue weighted by molar-refractivity contribution is 0.148. The van der Waals surface area contributed by atoms with E-state index in [0.29, 0.717) is 0 Å². The molecule has 0 aliphatic rings. The SMILES string of the molecule is C=CC(C)OC(=O)[P+](=O)OCC. The lowest BCUT2D eigenvalue weighted by Gasteiger charge is -2.00. The quantitative estimate of drug-likeness (QED) is 0.494. The second-order valence-electron chi connectivity index (χ2n) is 2.00. The summed E-state index contributed by atoms with van der Waals surface area (Å²) in [5.74, 6) is 0. The fourth-order valence-electron chi connectivity index (χ4n) is 0.420. The molecular weight excluding hydrogens is 179 g/mol. The van der Waals surface area contributed by atoms with E-state index in [-0.39, 0.29) is 6.61 Å². The summed E-state index contributed by atoms with van der Waals surface area (Å²) in [6, 6.07) is 0. The van der Waals surface area contributed by atoms with Crippen LogP contribution in [0.1, 0.15) is 13.8 Å². The van der Waals surface area contributed by atoms with Crippen LogP contribution in [0.4, 0.5) is 4.79 Å². The first-order chi connectivity index (χ1) is 5.61. The third-order valence-corrected chi connectivity index (χ3v) is 1.91. The van der Waals surface area contributed by atoms with Crippen molar-refractivity contribution in [3.05, 3.63) is 12.7 Å². The fraction of sp³-hybridized carbons (Fsp3) is 0.571. The zero-order valence-electron chi connectivity index (χ0n) is 7.15. The molecular formula is C7H12O4P+. The minimum atomic E-state index is -2.34. The highest BCUT2D eigenvalue weighted by molar-refractivity contribution is 7.58. The second-order valence-corrected chi connectivity index (χ2v) is 3.14. The van der Waals surface area contributed by atoms with Gasteiger partial charge in [0.25, 0.3) is 0 Å². The minimum Gasteiger partial charge on any atom is -0.418 e. The predicted octanol–water partition coefficient (Wildman–Crippen LogP) is 2.48. The van der Waals surface area contributed by atoms with Gasteiger partial charge in [-0.15, -0.1) is 4.52 Å². The van der Waals surface area contributed by atoms with E-state index in [4.69, 9.17) is 0 Å². The highest BCUT2D eigenvalue weighted by Crippen LogP contribution is 2.25. The highest BCUT2D eigenvalue weighted by atomic mass is 31.1.